The predicted molar refractivity (Wildman–Crippen MR) is 80.6 cm³/mol. The molecule has 4 heteroatoms. The van der Waals surface area contributed by atoms with Crippen molar-refractivity contribution in [1.82, 2.24) is 5.32 Å². The van der Waals surface area contributed by atoms with E-state index in [1.165, 1.54) is 0 Å². The molecule has 0 saturated heterocycles. The maximum Gasteiger partial charge on any atom is 0.252 e. The van der Waals surface area contributed by atoms with Gasteiger partial charge in [0.05, 0.1) is 12.1 Å². The largest absolute Gasteiger partial charge is 0.385 e. The quantitative estimate of drug-likeness (QED) is 0.610. The molecule has 1 rings (SSSR count). The minimum atomic E-state index is -0.0903. The predicted octanol–water partition coefficient (Wildman–Crippen LogP) is 1.46. The van der Waals surface area contributed by atoms with Crippen LogP contribution in [0.5, 0.6) is 0 Å². The number of rotatable bonds is 6. The van der Waals surface area contributed by atoms with Gasteiger partial charge in [0.2, 0.25) is 0 Å². The van der Waals surface area contributed by atoms with Crippen molar-refractivity contribution in [1.29, 1.82) is 0 Å². The van der Waals surface area contributed by atoms with Gasteiger partial charge in [0.1, 0.15) is 0 Å². The Morgan fingerprint density at radius 3 is 2.90 bits per heavy atom. The molecule has 0 spiro atoms. The smallest absolute Gasteiger partial charge is 0.252 e. The number of hydrogen-bond acceptors (Lipinski definition) is 3. The highest BCUT2D eigenvalue weighted by molar-refractivity contribution is 5.96. The third-order valence-electron chi connectivity index (χ3n) is 2.81. The van der Waals surface area contributed by atoms with Crippen molar-refractivity contribution >= 4 is 5.91 Å². The Bertz CT molecular complexity index is 501. The molecule has 1 aromatic rings. The molecule has 108 valence electrons. The van der Waals surface area contributed by atoms with Gasteiger partial charge in [0.25, 0.3) is 5.91 Å². The number of nitrogens with one attached hydrogen (secondary N) is 1. The van der Waals surface area contributed by atoms with Gasteiger partial charge in [-0.3, -0.25) is 4.79 Å². The Labute approximate surface area is 120 Å². The SMILES string of the molecule is COCCCCNC(=O)c1cc(C)ccc1C#CCN. The molecule has 0 bridgehead atoms. The molecular weight excluding hydrogens is 252 g/mol. The fourth-order valence-electron chi connectivity index (χ4n) is 1.77. The zero-order chi connectivity index (χ0) is 14.8. The van der Waals surface area contributed by atoms with Gasteiger partial charge < -0.3 is 15.8 Å². The molecule has 0 fully saturated rings. The monoisotopic (exact) mass is 274 g/mol. The molecular formula is C16H22N2O2. The maximum absolute atomic E-state index is 12.2. The number of aryl methyl sites for hydroxylation is 1. The van der Waals surface area contributed by atoms with Gasteiger partial charge in [0, 0.05) is 25.8 Å². The highest BCUT2D eigenvalue weighted by Crippen LogP contribution is 2.11. The lowest BCUT2D eigenvalue weighted by atomic mass is 10.0. The third kappa shape index (κ3) is 5.43. The molecule has 0 aliphatic carbocycles. The van der Waals surface area contributed by atoms with Gasteiger partial charge in [-0.25, -0.2) is 0 Å². The first-order valence-electron chi connectivity index (χ1n) is 6.75. The van der Waals surface area contributed by atoms with Crippen molar-refractivity contribution < 1.29 is 9.53 Å². The Balaban J connectivity index is 2.68. The number of unbranched alkanes of at least 4 members (excludes halogenated alkanes) is 1. The fourth-order valence-corrected chi connectivity index (χ4v) is 1.77. The van der Waals surface area contributed by atoms with E-state index in [1.807, 2.05) is 25.1 Å². The van der Waals surface area contributed by atoms with E-state index >= 15 is 0 Å². The summed E-state index contributed by atoms with van der Waals surface area (Å²) in [5.41, 5.74) is 7.74. The summed E-state index contributed by atoms with van der Waals surface area (Å²) in [5.74, 6) is 5.63. The van der Waals surface area contributed by atoms with E-state index in [0.29, 0.717) is 18.7 Å². The van der Waals surface area contributed by atoms with Gasteiger partial charge in [-0.2, -0.15) is 0 Å². The molecule has 0 atom stereocenters. The molecule has 0 heterocycles. The van der Waals surface area contributed by atoms with Crippen LogP contribution < -0.4 is 11.1 Å². The summed E-state index contributed by atoms with van der Waals surface area (Å²) >= 11 is 0. The van der Waals surface area contributed by atoms with Gasteiger partial charge in [-0.15, -0.1) is 0 Å². The lowest BCUT2D eigenvalue weighted by Gasteiger charge is -2.08. The first kappa shape index (κ1) is 16.2. The average Bonchev–Trinajstić information content (AvgIpc) is 2.45. The molecule has 0 aliphatic heterocycles. The molecule has 0 aliphatic rings. The van der Waals surface area contributed by atoms with Crippen molar-refractivity contribution in [2.75, 3.05) is 26.8 Å². The minimum Gasteiger partial charge on any atom is -0.385 e. The second kappa shape index (κ2) is 9.13. The Morgan fingerprint density at radius 2 is 2.20 bits per heavy atom. The Hall–Kier alpha value is -1.83. The summed E-state index contributed by atoms with van der Waals surface area (Å²) in [6.07, 6.45) is 1.83. The molecule has 0 unspecified atom stereocenters. The second-order valence-electron chi connectivity index (χ2n) is 4.51. The van der Waals surface area contributed by atoms with E-state index in [0.717, 1.165) is 24.0 Å². The molecule has 1 aromatic carbocycles. The standard InChI is InChI=1S/C16H22N2O2/c1-13-7-8-14(6-5-9-17)15(12-13)16(19)18-10-3-4-11-20-2/h7-8,12H,3-4,9-11,17H2,1-2H3,(H,18,19). The zero-order valence-electron chi connectivity index (χ0n) is 12.2. The summed E-state index contributed by atoms with van der Waals surface area (Å²) < 4.78 is 4.97. The number of ether oxygens (including phenoxy) is 1. The lowest BCUT2D eigenvalue weighted by molar-refractivity contribution is 0.0951. The summed E-state index contributed by atoms with van der Waals surface area (Å²) in [5, 5.41) is 2.91. The molecule has 4 nitrogen and oxygen atoms in total. The number of benzene rings is 1. The van der Waals surface area contributed by atoms with Crippen molar-refractivity contribution in [2.45, 2.75) is 19.8 Å². The lowest BCUT2D eigenvalue weighted by Crippen LogP contribution is -2.25. The highest BCUT2D eigenvalue weighted by atomic mass is 16.5. The van der Waals surface area contributed by atoms with Crippen LogP contribution >= 0.6 is 0 Å². The van der Waals surface area contributed by atoms with Gasteiger partial charge >= 0.3 is 0 Å². The minimum absolute atomic E-state index is 0.0903. The molecule has 0 aromatic heterocycles. The Kier molecular flexibility index (Phi) is 7.41. The summed E-state index contributed by atoms with van der Waals surface area (Å²) in [6.45, 7) is 3.59. The van der Waals surface area contributed by atoms with E-state index in [2.05, 4.69) is 17.2 Å². The van der Waals surface area contributed by atoms with Crippen LogP contribution in [0.15, 0.2) is 18.2 Å². The molecule has 0 saturated carbocycles. The first-order valence-corrected chi connectivity index (χ1v) is 6.75. The van der Waals surface area contributed by atoms with Crippen molar-refractivity contribution in [2.24, 2.45) is 5.73 Å². The van der Waals surface area contributed by atoms with Crippen LogP contribution in [0.25, 0.3) is 0 Å². The van der Waals surface area contributed by atoms with Gasteiger partial charge in [0.15, 0.2) is 0 Å². The van der Waals surface area contributed by atoms with Crippen LogP contribution in [0, 0.1) is 18.8 Å². The van der Waals surface area contributed by atoms with Gasteiger partial charge in [-0.05, 0) is 31.9 Å². The number of nitrogens with two attached hydrogens (primary N) is 1. The summed E-state index contributed by atoms with van der Waals surface area (Å²) in [6, 6.07) is 5.65. The number of methoxy groups -OCH3 is 1. The first-order chi connectivity index (χ1) is 9.69. The van der Waals surface area contributed by atoms with Crippen LogP contribution in [0.2, 0.25) is 0 Å². The molecule has 3 N–H and O–H groups in total. The Morgan fingerprint density at radius 1 is 1.40 bits per heavy atom. The van der Waals surface area contributed by atoms with E-state index in [9.17, 15) is 4.79 Å². The van der Waals surface area contributed by atoms with Crippen LogP contribution in [-0.2, 0) is 4.74 Å². The van der Waals surface area contributed by atoms with Crippen LogP contribution in [-0.4, -0.2) is 32.7 Å². The van der Waals surface area contributed by atoms with Crippen LogP contribution in [0.3, 0.4) is 0 Å². The summed E-state index contributed by atoms with van der Waals surface area (Å²) in [7, 11) is 1.67. The van der Waals surface area contributed by atoms with Crippen LogP contribution in [0.1, 0.15) is 34.3 Å². The fraction of sp³-hybridized carbons (Fsp3) is 0.438. The highest BCUT2D eigenvalue weighted by Gasteiger charge is 2.09. The van der Waals surface area contributed by atoms with Crippen molar-refractivity contribution in [3.63, 3.8) is 0 Å². The summed E-state index contributed by atoms with van der Waals surface area (Å²) in [4.78, 5) is 12.2. The molecule has 0 radical (unpaired) electrons. The normalized spacial score (nSPS) is 9.75. The van der Waals surface area contributed by atoms with Crippen LogP contribution in [0.4, 0.5) is 0 Å². The van der Waals surface area contributed by atoms with E-state index in [4.69, 9.17) is 10.5 Å². The molecule has 1 amide bonds. The third-order valence-corrected chi connectivity index (χ3v) is 2.81. The number of amides is 1. The van der Waals surface area contributed by atoms with Gasteiger partial charge in [-0.1, -0.05) is 23.5 Å². The van der Waals surface area contributed by atoms with Crippen molar-refractivity contribution in [3.05, 3.63) is 34.9 Å². The van der Waals surface area contributed by atoms with Crippen molar-refractivity contribution in [3.8, 4) is 11.8 Å². The molecule has 20 heavy (non-hydrogen) atoms. The van der Waals surface area contributed by atoms with E-state index in [1.54, 1.807) is 7.11 Å². The average molecular weight is 274 g/mol. The number of carbonyl (C=O) groups is 1. The zero-order valence-corrected chi connectivity index (χ0v) is 12.2. The van der Waals surface area contributed by atoms with E-state index in [-0.39, 0.29) is 12.5 Å². The number of carbonyl (C=O) groups excluding carboxylic acids is 1. The second-order valence-corrected chi connectivity index (χ2v) is 4.51. The number of hydrogen-bond donors (Lipinski definition) is 2. The maximum atomic E-state index is 12.2. The topological polar surface area (TPSA) is 64.3 Å². The van der Waals surface area contributed by atoms with E-state index < -0.39 is 0 Å².